The summed E-state index contributed by atoms with van der Waals surface area (Å²) in [6.45, 7) is 5.26. The Morgan fingerprint density at radius 3 is 2.93 bits per heavy atom. The second-order valence-electron chi connectivity index (χ2n) is 3.01. The van der Waals surface area contributed by atoms with Crippen LogP contribution in [0.5, 0.6) is 0 Å². The molecule has 5 heteroatoms. The van der Waals surface area contributed by atoms with E-state index in [0.717, 1.165) is 6.42 Å². The average Bonchev–Trinajstić information content (AvgIpc) is 2.66. The van der Waals surface area contributed by atoms with Gasteiger partial charge in [-0.2, -0.15) is 4.98 Å². The Kier molecular flexibility index (Phi) is 4.55. The highest BCUT2D eigenvalue weighted by Gasteiger charge is 2.12. The molecule has 0 aliphatic rings. The second kappa shape index (κ2) is 5.72. The Morgan fingerprint density at radius 1 is 1.50 bits per heavy atom. The normalized spacial score (nSPS) is 13.1. The summed E-state index contributed by atoms with van der Waals surface area (Å²) in [6.07, 6.45) is 1.47. The van der Waals surface area contributed by atoms with E-state index in [9.17, 15) is 0 Å². The minimum Gasteiger partial charge on any atom is -0.381 e. The van der Waals surface area contributed by atoms with E-state index in [1.807, 2.05) is 13.8 Å². The zero-order valence-electron chi connectivity index (χ0n) is 8.69. The lowest BCUT2D eigenvalue weighted by Crippen LogP contribution is -2.09. The van der Waals surface area contributed by atoms with Crippen molar-refractivity contribution < 1.29 is 9.26 Å². The van der Waals surface area contributed by atoms with Crippen LogP contribution in [0.3, 0.4) is 0 Å². The lowest BCUT2D eigenvalue weighted by molar-refractivity contribution is 0.149. The van der Waals surface area contributed by atoms with Crippen LogP contribution in [0.25, 0.3) is 0 Å². The van der Waals surface area contributed by atoms with Gasteiger partial charge in [0.25, 0.3) is 0 Å². The first-order valence-corrected chi connectivity index (χ1v) is 4.93. The highest BCUT2D eigenvalue weighted by molar-refractivity contribution is 4.91. The number of rotatable bonds is 6. The molecule has 2 N–H and O–H groups in total. The van der Waals surface area contributed by atoms with Crippen molar-refractivity contribution in [3.8, 4) is 0 Å². The van der Waals surface area contributed by atoms with Crippen LogP contribution in [0.15, 0.2) is 4.52 Å². The molecule has 5 nitrogen and oxygen atoms in total. The van der Waals surface area contributed by atoms with Crippen molar-refractivity contribution in [3.05, 3.63) is 11.7 Å². The van der Waals surface area contributed by atoms with Gasteiger partial charge < -0.3 is 15.0 Å². The van der Waals surface area contributed by atoms with Crippen molar-refractivity contribution in [1.82, 2.24) is 10.1 Å². The molecule has 0 amide bonds. The van der Waals surface area contributed by atoms with Gasteiger partial charge in [-0.05, 0) is 13.3 Å². The largest absolute Gasteiger partial charge is 0.381 e. The molecule has 1 aromatic rings. The minimum absolute atomic E-state index is 0.150. The average molecular weight is 199 g/mol. The summed E-state index contributed by atoms with van der Waals surface area (Å²) < 4.78 is 10.2. The van der Waals surface area contributed by atoms with Crippen molar-refractivity contribution in [1.29, 1.82) is 0 Å². The molecular weight excluding hydrogens is 182 g/mol. The second-order valence-corrected chi connectivity index (χ2v) is 3.01. The molecule has 0 fully saturated rings. The minimum atomic E-state index is -0.150. The summed E-state index contributed by atoms with van der Waals surface area (Å²) in [5, 5.41) is 3.81. The third-order valence-electron chi connectivity index (χ3n) is 1.91. The third kappa shape index (κ3) is 3.08. The van der Waals surface area contributed by atoms with E-state index in [2.05, 4.69) is 10.1 Å². The maximum Gasteiger partial charge on any atom is 0.243 e. The maximum atomic E-state index is 5.73. The maximum absolute atomic E-state index is 5.73. The van der Waals surface area contributed by atoms with Gasteiger partial charge in [0.2, 0.25) is 5.89 Å². The first-order valence-electron chi connectivity index (χ1n) is 4.93. The van der Waals surface area contributed by atoms with Crippen molar-refractivity contribution in [2.45, 2.75) is 32.7 Å². The van der Waals surface area contributed by atoms with E-state index in [1.165, 1.54) is 0 Å². The molecule has 1 rings (SSSR count). The van der Waals surface area contributed by atoms with E-state index in [0.29, 0.717) is 31.3 Å². The van der Waals surface area contributed by atoms with Gasteiger partial charge in [-0.3, -0.25) is 0 Å². The van der Waals surface area contributed by atoms with Gasteiger partial charge in [0.05, 0.1) is 12.6 Å². The smallest absolute Gasteiger partial charge is 0.243 e. The molecule has 0 spiro atoms. The van der Waals surface area contributed by atoms with Gasteiger partial charge in [0, 0.05) is 13.0 Å². The van der Waals surface area contributed by atoms with E-state index in [4.69, 9.17) is 15.0 Å². The molecule has 1 heterocycles. The van der Waals surface area contributed by atoms with E-state index < -0.39 is 0 Å². The Balaban J connectivity index is 2.42. The lowest BCUT2D eigenvalue weighted by Gasteiger charge is -1.99. The SMILES string of the molecule is CCOCCc1noc(C(N)CC)n1. The first kappa shape index (κ1) is 11.1. The Labute approximate surface area is 83.6 Å². The van der Waals surface area contributed by atoms with Crippen molar-refractivity contribution >= 4 is 0 Å². The van der Waals surface area contributed by atoms with Crippen LogP contribution in [0.4, 0.5) is 0 Å². The highest BCUT2D eigenvalue weighted by atomic mass is 16.5. The standard InChI is InChI=1S/C9H17N3O2/c1-3-7(10)9-11-8(12-14-9)5-6-13-4-2/h7H,3-6,10H2,1-2H3. The molecule has 0 aromatic carbocycles. The highest BCUT2D eigenvalue weighted by Crippen LogP contribution is 2.10. The van der Waals surface area contributed by atoms with Crippen LogP contribution in [-0.4, -0.2) is 23.4 Å². The topological polar surface area (TPSA) is 74.2 Å². The van der Waals surface area contributed by atoms with E-state index in [-0.39, 0.29) is 6.04 Å². The van der Waals surface area contributed by atoms with Crippen LogP contribution in [0, 0.1) is 0 Å². The quantitative estimate of drug-likeness (QED) is 0.693. The molecule has 1 unspecified atom stereocenters. The molecule has 1 aromatic heterocycles. The third-order valence-corrected chi connectivity index (χ3v) is 1.91. The van der Waals surface area contributed by atoms with Gasteiger partial charge in [-0.15, -0.1) is 0 Å². The fraction of sp³-hybridized carbons (Fsp3) is 0.778. The summed E-state index contributed by atoms with van der Waals surface area (Å²) >= 11 is 0. The molecule has 0 aliphatic carbocycles. The summed E-state index contributed by atoms with van der Waals surface area (Å²) in [5.41, 5.74) is 5.73. The number of ether oxygens (including phenoxy) is 1. The molecule has 0 aliphatic heterocycles. The van der Waals surface area contributed by atoms with Crippen molar-refractivity contribution in [3.63, 3.8) is 0 Å². The van der Waals surface area contributed by atoms with Gasteiger partial charge in [0.15, 0.2) is 5.82 Å². The molecule has 80 valence electrons. The predicted molar refractivity (Wildman–Crippen MR) is 51.7 cm³/mol. The monoisotopic (exact) mass is 199 g/mol. The van der Waals surface area contributed by atoms with Crippen LogP contribution < -0.4 is 5.73 Å². The Morgan fingerprint density at radius 2 is 2.29 bits per heavy atom. The number of hydrogen-bond donors (Lipinski definition) is 1. The number of aromatic nitrogens is 2. The summed E-state index contributed by atoms with van der Waals surface area (Å²) in [4.78, 5) is 4.17. The molecule has 0 saturated heterocycles. The lowest BCUT2D eigenvalue weighted by atomic mass is 10.2. The molecule has 0 saturated carbocycles. The van der Waals surface area contributed by atoms with Gasteiger partial charge in [-0.1, -0.05) is 12.1 Å². The number of nitrogens with two attached hydrogens (primary N) is 1. The summed E-state index contributed by atoms with van der Waals surface area (Å²) in [7, 11) is 0. The fourth-order valence-corrected chi connectivity index (χ4v) is 1.00. The number of hydrogen-bond acceptors (Lipinski definition) is 5. The molecular formula is C9H17N3O2. The van der Waals surface area contributed by atoms with Crippen LogP contribution in [0.2, 0.25) is 0 Å². The van der Waals surface area contributed by atoms with E-state index >= 15 is 0 Å². The van der Waals surface area contributed by atoms with Crippen molar-refractivity contribution in [2.24, 2.45) is 5.73 Å². The molecule has 14 heavy (non-hydrogen) atoms. The predicted octanol–water partition coefficient (Wildman–Crippen LogP) is 1.06. The van der Waals surface area contributed by atoms with Gasteiger partial charge in [-0.25, -0.2) is 0 Å². The van der Waals surface area contributed by atoms with Gasteiger partial charge in [0.1, 0.15) is 0 Å². The first-order chi connectivity index (χ1) is 6.77. The zero-order chi connectivity index (χ0) is 10.4. The fourth-order valence-electron chi connectivity index (χ4n) is 1.00. The molecule has 0 bridgehead atoms. The summed E-state index contributed by atoms with van der Waals surface area (Å²) in [6, 6.07) is -0.150. The number of nitrogens with zero attached hydrogens (tertiary/aromatic N) is 2. The Bertz CT molecular complexity index is 262. The van der Waals surface area contributed by atoms with Crippen LogP contribution in [0.1, 0.15) is 38.0 Å². The van der Waals surface area contributed by atoms with Crippen molar-refractivity contribution in [2.75, 3.05) is 13.2 Å². The van der Waals surface area contributed by atoms with Gasteiger partial charge >= 0.3 is 0 Å². The molecule has 1 atom stereocenters. The zero-order valence-corrected chi connectivity index (χ0v) is 8.69. The molecule has 0 radical (unpaired) electrons. The van der Waals surface area contributed by atoms with E-state index in [1.54, 1.807) is 0 Å². The Hall–Kier alpha value is -0.940. The van der Waals surface area contributed by atoms with Crippen LogP contribution >= 0.6 is 0 Å². The summed E-state index contributed by atoms with van der Waals surface area (Å²) in [5.74, 6) is 1.18. The van der Waals surface area contributed by atoms with Crippen LogP contribution in [-0.2, 0) is 11.2 Å².